The molecule has 1 heterocycles. The first kappa shape index (κ1) is 11.5. The quantitative estimate of drug-likeness (QED) is 0.699. The molecule has 0 radical (unpaired) electrons. The number of hydrogen-bond acceptors (Lipinski definition) is 2. The number of likely N-dealkylation sites (tertiary alicyclic amines) is 1. The molecule has 1 aliphatic heterocycles. The molecule has 3 heteroatoms. The molecule has 0 saturated carbocycles. The van der Waals surface area contributed by atoms with Gasteiger partial charge in [-0.05, 0) is 39.4 Å². The van der Waals surface area contributed by atoms with Gasteiger partial charge >= 0.3 is 0 Å². The molecular formula is C10H21BrN2. The molecule has 0 N–H and O–H groups in total. The van der Waals surface area contributed by atoms with Gasteiger partial charge in [0.25, 0.3) is 0 Å². The standard InChI is InChI=1S/C10H21BrN2/c1-12(2)6-7-13-5-3-4-10(8-11)9-13/h10H,3-9H2,1-2H3. The van der Waals surface area contributed by atoms with E-state index < -0.39 is 0 Å². The lowest BCUT2D eigenvalue weighted by molar-refractivity contribution is 0.172. The van der Waals surface area contributed by atoms with Gasteiger partial charge in [-0.15, -0.1) is 0 Å². The smallest absolute Gasteiger partial charge is 0.0109 e. The molecule has 0 aromatic rings. The Hall–Kier alpha value is 0.400. The third-order valence-corrected chi connectivity index (χ3v) is 3.60. The Bertz CT molecular complexity index is 139. The summed E-state index contributed by atoms with van der Waals surface area (Å²) in [6, 6.07) is 0. The highest BCUT2D eigenvalue weighted by Crippen LogP contribution is 2.17. The van der Waals surface area contributed by atoms with E-state index in [2.05, 4.69) is 39.8 Å². The lowest BCUT2D eigenvalue weighted by Crippen LogP contribution is -2.39. The number of piperidine rings is 1. The molecule has 1 aliphatic rings. The van der Waals surface area contributed by atoms with Gasteiger partial charge in [-0.2, -0.15) is 0 Å². The van der Waals surface area contributed by atoms with Crippen molar-refractivity contribution in [1.29, 1.82) is 0 Å². The maximum Gasteiger partial charge on any atom is 0.0109 e. The molecule has 1 unspecified atom stereocenters. The van der Waals surface area contributed by atoms with Crippen LogP contribution in [0, 0.1) is 5.92 Å². The molecule has 13 heavy (non-hydrogen) atoms. The van der Waals surface area contributed by atoms with E-state index in [1.807, 2.05) is 0 Å². The van der Waals surface area contributed by atoms with Crippen molar-refractivity contribution >= 4 is 15.9 Å². The van der Waals surface area contributed by atoms with Crippen molar-refractivity contribution in [2.24, 2.45) is 5.92 Å². The molecule has 78 valence electrons. The highest BCUT2D eigenvalue weighted by atomic mass is 79.9. The van der Waals surface area contributed by atoms with Crippen LogP contribution in [-0.2, 0) is 0 Å². The zero-order chi connectivity index (χ0) is 9.68. The van der Waals surface area contributed by atoms with E-state index in [1.54, 1.807) is 0 Å². The molecule has 0 aromatic carbocycles. The first-order valence-corrected chi connectivity index (χ1v) is 6.27. The van der Waals surface area contributed by atoms with Crippen LogP contribution in [0.4, 0.5) is 0 Å². The highest BCUT2D eigenvalue weighted by Gasteiger charge is 2.18. The van der Waals surface area contributed by atoms with E-state index in [0.29, 0.717) is 0 Å². The fraction of sp³-hybridized carbons (Fsp3) is 1.00. The lowest BCUT2D eigenvalue weighted by Gasteiger charge is -2.32. The van der Waals surface area contributed by atoms with Gasteiger partial charge in [-0.3, -0.25) is 0 Å². The Balaban J connectivity index is 2.18. The van der Waals surface area contributed by atoms with E-state index in [1.165, 1.54) is 44.4 Å². The van der Waals surface area contributed by atoms with Gasteiger partial charge in [-0.1, -0.05) is 15.9 Å². The van der Waals surface area contributed by atoms with E-state index in [-0.39, 0.29) is 0 Å². The molecule has 0 amide bonds. The predicted molar refractivity (Wildman–Crippen MR) is 61.5 cm³/mol. The van der Waals surface area contributed by atoms with Crippen LogP contribution in [0.2, 0.25) is 0 Å². The Labute approximate surface area is 90.4 Å². The number of hydrogen-bond donors (Lipinski definition) is 0. The van der Waals surface area contributed by atoms with Gasteiger partial charge < -0.3 is 9.80 Å². The van der Waals surface area contributed by atoms with E-state index in [0.717, 1.165) is 5.92 Å². The number of rotatable bonds is 4. The Morgan fingerprint density at radius 2 is 2.23 bits per heavy atom. The summed E-state index contributed by atoms with van der Waals surface area (Å²) >= 11 is 3.58. The second-order valence-corrected chi connectivity index (χ2v) is 4.91. The van der Waals surface area contributed by atoms with Crippen molar-refractivity contribution in [3.63, 3.8) is 0 Å². The van der Waals surface area contributed by atoms with Crippen LogP contribution in [0.5, 0.6) is 0 Å². The second-order valence-electron chi connectivity index (χ2n) is 4.27. The topological polar surface area (TPSA) is 6.48 Å². The summed E-state index contributed by atoms with van der Waals surface area (Å²) in [6.45, 7) is 5.02. The largest absolute Gasteiger partial charge is 0.308 e. The third kappa shape index (κ3) is 4.43. The van der Waals surface area contributed by atoms with Crippen LogP contribution < -0.4 is 0 Å². The van der Waals surface area contributed by atoms with E-state index >= 15 is 0 Å². The minimum absolute atomic E-state index is 0.885. The molecular weight excluding hydrogens is 228 g/mol. The van der Waals surface area contributed by atoms with Gasteiger partial charge in [0.15, 0.2) is 0 Å². The van der Waals surface area contributed by atoms with Gasteiger partial charge in [-0.25, -0.2) is 0 Å². The maximum absolute atomic E-state index is 3.58. The van der Waals surface area contributed by atoms with Crippen molar-refractivity contribution in [1.82, 2.24) is 9.80 Å². The van der Waals surface area contributed by atoms with E-state index in [9.17, 15) is 0 Å². The normalized spacial score (nSPS) is 25.4. The summed E-state index contributed by atoms with van der Waals surface area (Å²) in [5.74, 6) is 0.885. The molecule has 0 spiro atoms. The van der Waals surface area contributed by atoms with Gasteiger partial charge in [0.05, 0.1) is 0 Å². The zero-order valence-electron chi connectivity index (χ0n) is 8.80. The van der Waals surface area contributed by atoms with Gasteiger partial charge in [0.1, 0.15) is 0 Å². The van der Waals surface area contributed by atoms with Crippen molar-refractivity contribution in [3.05, 3.63) is 0 Å². The minimum atomic E-state index is 0.885. The molecule has 1 fully saturated rings. The zero-order valence-corrected chi connectivity index (χ0v) is 10.4. The molecule has 1 atom stereocenters. The fourth-order valence-electron chi connectivity index (χ4n) is 1.82. The second kappa shape index (κ2) is 5.99. The van der Waals surface area contributed by atoms with Crippen LogP contribution in [0.25, 0.3) is 0 Å². The average Bonchev–Trinajstić information content (AvgIpc) is 2.15. The first-order valence-electron chi connectivity index (χ1n) is 5.15. The maximum atomic E-state index is 3.58. The number of nitrogens with zero attached hydrogens (tertiary/aromatic N) is 2. The first-order chi connectivity index (χ1) is 6.22. The summed E-state index contributed by atoms with van der Waals surface area (Å²) in [6.07, 6.45) is 2.79. The van der Waals surface area contributed by atoms with Crippen molar-refractivity contribution in [2.75, 3.05) is 45.6 Å². The number of alkyl halides is 1. The molecule has 1 rings (SSSR count). The van der Waals surface area contributed by atoms with Crippen LogP contribution in [0.1, 0.15) is 12.8 Å². The van der Waals surface area contributed by atoms with Crippen molar-refractivity contribution in [3.8, 4) is 0 Å². The van der Waals surface area contributed by atoms with Crippen molar-refractivity contribution < 1.29 is 0 Å². The summed E-state index contributed by atoms with van der Waals surface area (Å²) in [5.41, 5.74) is 0. The Kier molecular flexibility index (Phi) is 5.29. The molecule has 0 aliphatic carbocycles. The number of halogens is 1. The van der Waals surface area contributed by atoms with E-state index in [4.69, 9.17) is 0 Å². The molecule has 1 saturated heterocycles. The SMILES string of the molecule is CN(C)CCN1CCCC(CBr)C1. The summed E-state index contributed by atoms with van der Waals surface area (Å²) in [7, 11) is 4.29. The van der Waals surface area contributed by atoms with Crippen LogP contribution in [-0.4, -0.2) is 55.4 Å². The van der Waals surface area contributed by atoms with Crippen LogP contribution in [0.15, 0.2) is 0 Å². The van der Waals surface area contributed by atoms with Gasteiger partial charge in [0, 0.05) is 25.0 Å². The Morgan fingerprint density at radius 1 is 1.46 bits per heavy atom. The predicted octanol–water partition coefficient (Wildman–Crippen LogP) is 1.65. The fourth-order valence-corrected chi connectivity index (χ4v) is 2.35. The number of likely N-dealkylation sites (N-methyl/N-ethyl adjacent to an activating group) is 1. The molecule has 0 aromatic heterocycles. The van der Waals surface area contributed by atoms with Gasteiger partial charge in [0.2, 0.25) is 0 Å². The minimum Gasteiger partial charge on any atom is -0.308 e. The molecule has 0 bridgehead atoms. The third-order valence-electron chi connectivity index (χ3n) is 2.68. The van der Waals surface area contributed by atoms with Crippen LogP contribution >= 0.6 is 15.9 Å². The monoisotopic (exact) mass is 248 g/mol. The van der Waals surface area contributed by atoms with Crippen LogP contribution in [0.3, 0.4) is 0 Å². The molecule has 2 nitrogen and oxygen atoms in total. The highest BCUT2D eigenvalue weighted by molar-refractivity contribution is 9.09. The summed E-state index contributed by atoms with van der Waals surface area (Å²) in [4.78, 5) is 4.85. The average molecular weight is 249 g/mol. The summed E-state index contributed by atoms with van der Waals surface area (Å²) in [5, 5.41) is 1.17. The summed E-state index contributed by atoms with van der Waals surface area (Å²) < 4.78 is 0. The Morgan fingerprint density at radius 3 is 2.85 bits per heavy atom. The van der Waals surface area contributed by atoms with Crippen molar-refractivity contribution in [2.45, 2.75) is 12.8 Å². The lowest BCUT2D eigenvalue weighted by atomic mass is 10.0.